The first-order valence-corrected chi connectivity index (χ1v) is 7.51. The smallest absolute Gasteiger partial charge is 0.276 e. The Morgan fingerprint density at radius 3 is 2.42 bits per heavy atom. The minimum Gasteiger partial charge on any atom is -0.285 e. The molecule has 1 aliphatic rings. The fraction of sp³-hybridized carbons (Fsp3) is 0.133. The number of fused-ring (bicyclic) bond motifs is 3. The lowest BCUT2D eigenvalue weighted by molar-refractivity contribution is 0.476. The lowest BCUT2D eigenvalue weighted by Gasteiger charge is -2.13. The fourth-order valence-corrected chi connectivity index (χ4v) is 3.91. The Morgan fingerprint density at radius 1 is 1.05 bits per heavy atom. The normalized spacial score (nSPS) is 17.1. The second-order valence-electron chi connectivity index (χ2n) is 4.61. The maximum atomic E-state index is 11.8. The van der Waals surface area contributed by atoms with E-state index in [1.807, 2.05) is 30.3 Å². The van der Waals surface area contributed by atoms with Gasteiger partial charge in [-0.15, -0.1) is 0 Å². The summed E-state index contributed by atoms with van der Waals surface area (Å²) in [6.07, 6.45) is 0.489. The minimum absolute atomic E-state index is 0.489. The maximum absolute atomic E-state index is 11.8. The quantitative estimate of drug-likeness (QED) is 0.856. The Hall–Kier alpha value is -1.65. The van der Waals surface area contributed by atoms with E-state index < -0.39 is 15.4 Å². The van der Waals surface area contributed by atoms with Gasteiger partial charge in [0, 0.05) is 0 Å². The zero-order valence-electron chi connectivity index (χ0n) is 10.2. The van der Waals surface area contributed by atoms with Crippen LogP contribution in [-0.4, -0.2) is 13.0 Å². The van der Waals surface area contributed by atoms with Gasteiger partial charge in [-0.3, -0.25) is 4.55 Å². The van der Waals surface area contributed by atoms with Crippen molar-refractivity contribution in [3.63, 3.8) is 0 Å². The van der Waals surface area contributed by atoms with Gasteiger partial charge in [-0.2, -0.15) is 8.42 Å². The Labute approximate surface area is 112 Å². The average Bonchev–Trinajstić information content (AvgIpc) is 2.72. The molecule has 19 heavy (non-hydrogen) atoms. The van der Waals surface area contributed by atoms with Crippen LogP contribution in [0.3, 0.4) is 0 Å². The van der Waals surface area contributed by atoms with Crippen LogP contribution >= 0.6 is 0 Å². The van der Waals surface area contributed by atoms with Gasteiger partial charge in [0.15, 0.2) is 0 Å². The molecule has 0 heterocycles. The molecule has 2 aromatic rings. The molecule has 4 heteroatoms. The number of hydrogen-bond acceptors (Lipinski definition) is 2. The molecule has 97 valence electrons. The predicted octanol–water partition coefficient (Wildman–Crippen LogP) is 3.02. The molecular weight excluding hydrogens is 260 g/mol. The van der Waals surface area contributed by atoms with Gasteiger partial charge in [0.1, 0.15) is 5.25 Å². The molecule has 0 saturated carbocycles. The molecule has 1 aliphatic carbocycles. The van der Waals surface area contributed by atoms with Gasteiger partial charge in [-0.1, -0.05) is 42.5 Å². The number of benzene rings is 2. The average molecular weight is 273 g/mol. The van der Waals surface area contributed by atoms with Crippen molar-refractivity contribution < 1.29 is 13.0 Å². The van der Waals surface area contributed by atoms with Crippen LogP contribution in [0.25, 0.3) is 11.1 Å². The van der Waals surface area contributed by atoms with Gasteiger partial charge in [0.25, 0.3) is 10.1 Å². The summed E-state index contributed by atoms with van der Waals surface area (Å²) in [5.74, 6) is 0. The first-order chi connectivity index (χ1) is 9.04. The van der Waals surface area contributed by atoms with Gasteiger partial charge < -0.3 is 0 Å². The highest BCUT2D eigenvalue weighted by Gasteiger charge is 2.38. The van der Waals surface area contributed by atoms with E-state index in [1.54, 1.807) is 12.1 Å². The summed E-state index contributed by atoms with van der Waals surface area (Å²) >= 11 is 0. The monoisotopic (exact) mass is 273 g/mol. The van der Waals surface area contributed by atoms with Crippen LogP contribution in [0.1, 0.15) is 21.9 Å². The summed E-state index contributed by atoms with van der Waals surface area (Å²) in [7, 11) is -4.19. The Balaban J connectivity index is 2.41. The predicted molar refractivity (Wildman–Crippen MR) is 74.3 cm³/mol. The van der Waals surface area contributed by atoms with Gasteiger partial charge >= 0.3 is 0 Å². The molecule has 0 amide bonds. The van der Waals surface area contributed by atoms with E-state index in [0.717, 1.165) is 16.7 Å². The van der Waals surface area contributed by atoms with Gasteiger partial charge in [-0.25, -0.2) is 0 Å². The highest BCUT2D eigenvalue weighted by Crippen LogP contribution is 2.48. The fourth-order valence-electron chi connectivity index (χ4n) is 2.81. The van der Waals surface area contributed by atoms with Crippen molar-refractivity contribution in [3.05, 3.63) is 66.1 Å². The van der Waals surface area contributed by atoms with Gasteiger partial charge in [0.05, 0.1) is 0 Å². The zero-order valence-corrected chi connectivity index (χ0v) is 11.0. The van der Waals surface area contributed by atoms with Crippen molar-refractivity contribution in [3.8, 4) is 11.1 Å². The van der Waals surface area contributed by atoms with Crippen molar-refractivity contribution in [1.82, 2.24) is 0 Å². The van der Waals surface area contributed by atoms with Crippen molar-refractivity contribution in [2.45, 2.75) is 11.7 Å². The molecule has 1 atom stereocenters. The van der Waals surface area contributed by atoms with E-state index in [4.69, 9.17) is 0 Å². The van der Waals surface area contributed by atoms with E-state index in [9.17, 15) is 13.0 Å². The Morgan fingerprint density at radius 2 is 1.74 bits per heavy atom. The Bertz CT molecular complexity index is 748. The van der Waals surface area contributed by atoms with Crippen molar-refractivity contribution in [2.75, 3.05) is 0 Å². The lowest BCUT2D eigenvalue weighted by atomic mass is 10.00. The Kier molecular flexibility index (Phi) is 2.73. The third-order valence-electron chi connectivity index (χ3n) is 3.56. The number of rotatable bonds is 2. The second kappa shape index (κ2) is 4.18. The SMILES string of the molecule is [CH2]Cc1cccc2c1C(S(=O)(=O)O)c1ccccc1-2. The van der Waals surface area contributed by atoms with Crippen LogP contribution in [0.5, 0.6) is 0 Å². The van der Waals surface area contributed by atoms with Crippen LogP contribution in [0.15, 0.2) is 42.5 Å². The third kappa shape index (κ3) is 1.79. The molecule has 1 N–H and O–H groups in total. The first-order valence-electron chi connectivity index (χ1n) is 6.00. The van der Waals surface area contributed by atoms with E-state index >= 15 is 0 Å². The molecule has 1 radical (unpaired) electrons. The standard InChI is InChI=1S/C15H13O3S/c1-2-10-6-5-9-12-11-7-3-4-8-13(11)15(14(10)12)19(16,17)18/h3-9,15H,1-2H2,(H,16,17,18). The third-order valence-corrected chi connectivity index (χ3v) is 4.64. The summed E-state index contributed by atoms with van der Waals surface area (Å²) in [5.41, 5.74) is 3.91. The largest absolute Gasteiger partial charge is 0.285 e. The van der Waals surface area contributed by atoms with Crippen molar-refractivity contribution in [1.29, 1.82) is 0 Å². The molecule has 0 aromatic heterocycles. The maximum Gasteiger partial charge on any atom is 0.276 e. The molecular formula is C15H13O3S. The highest BCUT2D eigenvalue weighted by molar-refractivity contribution is 7.86. The highest BCUT2D eigenvalue weighted by atomic mass is 32.2. The van der Waals surface area contributed by atoms with Gasteiger partial charge in [0.2, 0.25) is 0 Å². The molecule has 0 bridgehead atoms. The van der Waals surface area contributed by atoms with E-state index in [-0.39, 0.29) is 0 Å². The molecule has 3 nitrogen and oxygen atoms in total. The molecule has 0 saturated heterocycles. The molecule has 0 fully saturated rings. The molecule has 3 rings (SSSR count). The summed E-state index contributed by atoms with van der Waals surface area (Å²) < 4.78 is 33.1. The summed E-state index contributed by atoms with van der Waals surface area (Å²) in [5, 5.41) is -0.989. The molecule has 0 aliphatic heterocycles. The van der Waals surface area contributed by atoms with Gasteiger partial charge in [-0.05, 0) is 41.2 Å². The van der Waals surface area contributed by atoms with Crippen LogP contribution in [0.2, 0.25) is 0 Å². The van der Waals surface area contributed by atoms with E-state index in [2.05, 4.69) is 6.92 Å². The van der Waals surface area contributed by atoms with Crippen LogP contribution in [0.4, 0.5) is 0 Å². The summed E-state index contributed by atoms with van der Waals surface area (Å²) in [4.78, 5) is 0. The number of hydrogen-bond donors (Lipinski definition) is 1. The van der Waals surface area contributed by atoms with Crippen LogP contribution in [0, 0.1) is 6.92 Å². The molecule has 0 spiro atoms. The van der Waals surface area contributed by atoms with Crippen LogP contribution in [-0.2, 0) is 16.5 Å². The van der Waals surface area contributed by atoms with E-state index in [0.29, 0.717) is 17.5 Å². The second-order valence-corrected chi connectivity index (χ2v) is 6.11. The first kappa shape index (κ1) is 12.4. The lowest BCUT2D eigenvalue weighted by Crippen LogP contribution is -2.12. The molecule has 2 aromatic carbocycles. The summed E-state index contributed by atoms with van der Waals surface area (Å²) in [6, 6.07) is 12.9. The topological polar surface area (TPSA) is 54.4 Å². The van der Waals surface area contributed by atoms with Crippen molar-refractivity contribution in [2.24, 2.45) is 0 Å². The molecule has 1 unspecified atom stereocenters. The zero-order chi connectivity index (χ0) is 13.6. The van der Waals surface area contributed by atoms with Crippen LogP contribution < -0.4 is 0 Å². The summed E-state index contributed by atoms with van der Waals surface area (Å²) in [6.45, 7) is 3.84. The van der Waals surface area contributed by atoms with Crippen molar-refractivity contribution >= 4 is 10.1 Å². The van der Waals surface area contributed by atoms with E-state index in [1.165, 1.54) is 0 Å². The minimum atomic E-state index is -4.19.